The van der Waals surface area contributed by atoms with Gasteiger partial charge in [0.05, 0.1) is 11.1 Å². The van der Waals surface area contributed by atoms with Crippen molar-refractivity contribution in [1.82, 2.24) is 19.6 Å². The zero-order chi connectivity index (χ0) is 14.8. The maximum absolute atomic E-state index is 12.1. The van der Waals surface area contributed by atoms with Crippen molar-refractivity contribution in [2.24, 2.45) is 0 Å². The standard InChI is InChI=1S/C13H10BrN5O2/c14-9-5-15-13-17-11(18-19(13)6-9)12(21)16-10-3-1-2-8(4-10)7-20/h1-6,20H,7H2,(H,16,21). The Morgan fingerprint density at radius 1 is 1.43 bits per heavy atom. The number of benzene rings is 1. The summed E-state index contributed by atoms with van der Waals surface area (Å²) in [5, 5.41) is 15.8. The molecule has 2 aromatic heterocycles. The third-order valence-electron chi connectivity index (χ3n) is 2.73. The molecular formula is C13H10BrN5O2. The molecule has 0 spiro atoms. The van der Waals surface area contributed by atoms with Crippen molar-refractivity contribution in [2.45, 2.75) is 6.61 Å². The fraction of sp³-hybridized carbons (Fsp3) is 0.0769. The maximum atomic E-state index is 12.1. The number of rotatable bonds is 3. The molecule has 7 nitrogen and oxygen atoms in total. The summed E-state index contributed by atoms with van der Waals surface area (Å²) < 4.78 is 2.16. The van der Waals surface area contributed by atoms with E-state index in [-0.39, 0.29) is 12.4 Å². The summed E-state index contributed by atoms with van der Waals surface area (Å²) in [5.74, 6) is -0.0748. The number of hydrogen-bond acceptors (Lipinski definition) is 5. The Morgan fingerprint density at radius 3 is 3.10 bits per heavy atom. The summed E-state index contributed by atoms with van der Waals surface area (Å²) in [7, 11) is 0. The van der Waals surface area contributed by atoms with Gasteiger partial charge in [-0.1, -0.05) is 12.1 Å². The van der Waals surface area contributed by atoms with Crippen LogP contribution in [0.4, 0.5) is 5.69 Å². The summed E-state index contributed by atoms with van der Waals surface area (Å²) in [6.45, 7) is -0.0890. The lowest BCUT2D eigenvalue weighted by Gasteiger charge is -2.03. The molecule has 106 valence electrons. The fourth-order valence-corrected chi connectivity index (χ4v) is 2.09. The summed E-state index contributed by atoms with van der Waals surface area (Å²) in [4.78, 5) is 20.2. The van der Waals surface area contributed by atoms with Gasteiger partial charge in [0.2, 0.25) is 5.82 Å². The van der Waals surface area contributed by atoms with Gasteiger partial charge in [-0.25, -0.2) is 9.50 Å². The average molecular weight is 348 g/mol. The van der Waals surface area contributed by atoms with E-state index >= 15 is 0 Å². The number of nitrogens with one attached hydrogen (secondary N) is 1. The van der Waals surface area contributed by atoms with Gasteiger partial charge in [-0.05, 0) is 33.6 Å². The highest BCUT2D eigenvalue weighted by molar-refractivity contribution is 9.10. The van der Waals surface area contributed by atoms with Gasteiger partial charge in [-0.2, -0.15) is 4.98 Å². The number of amides is 1. The molecule has 0 aliphatic heterocycles. The van der Waals surface area contributed by atoms with E-state index < -0.39 is 5.91 Å². The van der Waals surface area contributed by atoms with E-state index in [4.69, 9.17) is 5.11 Å². The topological polar surface area (TPSA) is 92.4 Å². The molecule has 3 rings (SSSR count). The molecule has 1 amide bonds. The molecule has 0 aliphatic carbocycles. The number of aromatic nitrogens is 4. The zero-order valence-corrected chi connectivity index (χ0v) is 12.3. The third kappa shape index (κ3) is 2.91. The van der Waals surface area contributed by atoms with E-state index in [0.29, 0.717) is 17.0 Å². The molecule has 3 aromatic rings. The molecule has 0 saturated heterocycles. The first-order valence-corrected chi connectivity index (χ1v) is 6.84. The van der Waals surface area contributed by atoms with Gasteiger partial charge in [0.1, 0.15) is 0 Å². The van der Waals surface area contributed by atoms with Crippen LogP contribution in [0.25, 0.3) is 5.78 Å². The molecule has 0 fully saturated rings. The molecule has 8 heteroatoms. The number of hydrogen-bond donors (Lipinski definition) is 2. The number of anilines is 1. The number of halogens is 1. The normalized spacial score (nSPS) is 10.8. The first-order valence-electron chi connectivity index (χ1n) is 6.05. The minimum atomic E-state index is -0.438. The van der Waals surface area contributed by atoms with E-state index in [1.807, 2.05) is 0 Å². The lowest BCUT2D eigenvalue weighted by Crippen LogP contribution is -2.14. The minimum Gasteiger partial charge on any atom is -0.392 e. The van der Waals surface area contributed by atoms with E-state index in [9.17, 15) is 4.79 Å². The van der Waals surface area contributed by atoms with Gasteiger partial charge in [0, 0.05) is 18.1 Å². The van der Waals surface area contributed by atoms with Gasteiger partial charge in [-0.3, -0.25) is 4.79 Å². The number of carbonyl (C=O) groups excluding carboxylic acids is 1. The molecule has 0 saturated carbocycles. The largest absolute Gasteiger partial charge is 0.392 e. The average Bonchev–Trinajstić information content (AvgIpc) is 2.90. The summed E-state index contributed by atoms with van der Waals surface area (Å²) >= 11 is 3.27. The number of fused-ring (bicyclic) bond motifs is 1. The zero-order valence-electron chi connectivity index (χ0n) is 10.7. The minimum absolute atomic E-state index is 0.0231. The van der Waals surface area contributed by atoms with E-state index in [2.05, 4.69) is 36.3 Å². The van der Waals surface area contributed by atoms with Crippen LogP contribution in [-0.4, -0.2) is 30.6 Å². The highest BCUT2D eigenvalue weighted by Gasteiger charge is 2.14. The van der Waals surface area contributed by atoms with Crippen LogP contribution < -0.4 is 5.32 Å². The number of aliphatic hydroxyl groups excluding tert-OH is 1. The van der Waals surface area contributed by atoms with Gasteiger partial charge in [0.25, 0.3) is 11.7 Å². The lowest BCUT2D eigenvalue weighted by atomic mass is 10.2. The van der Waals surface area contributed by atoms with Crippen LogP contribution in [0.5, 0.6) is 0 Å². The predicted octanol–water partition coefficient (Wildman–Crippen LogP) is 1.63. The highest BCUT2D eigenvalue weighted by atomic mass is 79.9. The van der Waals surface area contributed by atoms with Gasteiger partial charge in [0.15, 0.2) is 0 Å². The van der Waals surface area contributed by atoms with Crippen molar-refractivity contribution in [3.63, 3.8) is 0 Å². The monoisotopic (exact) mass is 347 g/mol. The summed E-state index contributed by atoms with van der Waals surface area (Å²) in [6, 6.07) is 6.92. The molecule has 0 radical (unpaired) electrons. The molecule has 21 heavy (non-hydrogen) atoms. The van der Waals surface area contributed by atoms with Crippen LogP contribution in [0, 0.1) is 0 Å². The van der Waals surface area contributed by atoms with Crippen LogP contribution in [0.1, 0.15) is 16.2 Å². The van der Waals surface area contributed by atoms with Crippen molar-refractivity contribution < 1.29 is 9.90 Å². The van der Waals surface area contributed by atoms with Gasteiger partial charge in [-0.15, -0.1) is 5.10 Å². The van der Waals surface area contributed by atoms with Crippen LogP contribution in [-0.2, 0) is 6.61 Å². The molecule has 0 bridgehead atoms. The lowest BCUT2D eigenvalue weighted by molar-refractivity contribution is 0.101. The quantitative estimate of drug-likeness (QED) is 0.751. The van der Waals surface area contributed by atoms with E-state index in [1.54, 1.807) is 36.7 Å². The first-order chi connectivity index (χ1) is 10.2. The van der Waals surface area contributed by atoms with Crippen molar-refractivity contribution in [3.8, 4) is 0 Å². The maximum Gasteiger partial charge on any atom is 0.295 e. The predicted molar refractivity (Wildman–Crippen MR) is 78.8 cm³/mol. The number of carbonyl (C=O) groups is 1. The fourth-order valence-electron chi connectivity index (χ4n) is 1.79. The van der Waals surface area contributed by atoms with Crippen LogP contribution in [0.3, 0.4) is 0 Å². The first kappa shape index (κ1) is 13.7. The second-order valence-corrected chi connectivity index (χ2v) is 5.18. The Morgan fingerprint density at radius 2 is 2.29 bits per heavy atom. The Hall–Kier alpha value is -2.32. The smallest absolute Gasteiger partial charge is 0.295 e. The molecule has 2 heterocycles. The molecule has 0 atom stereocenters. The van der Waals surface area contributed by atoms with E-state index in [0.717, 1.165) is 4.47 Å². The Labute approximate surface area is 127 Å². The molecule has 0 aliphatic rings. The number of nitrogens with zero attached hydrogens (tertiary/aromatic N) is 4. The van der Waals surface area contributed by atoms with Crippen LogP contribution in [0.15, 0.2) is 41.1 Å². The highest BCUT2D eigenvalue weighted by Crippen LogP contribution is 2.12. The molecule has 0 unspecified atom stereocenters. The van der Waals surface area contributed by atoms with Crippen LogP contribution in [0.2, 0.25) is 0 Å². The second kappa shape index (κ2) is 5.58. The molecular weight excluding hydrogens is 338 g/mol. The Bertz CT molecular complexity index is 817. The van der Waals surface area contributed by atoms with Crippen molar-refractivity contribution in [3.05, 3.63) is 52.5 Å². The molecule has 1 aromatic carbocycles. The Balaban J connectivity index is 1.86. The molecule has 2 N–H and O–H groups in total. The van der Waals surface area contributed by atoms with Crippen molar-refractivity contribution in [1.29, 1.82) is 0 Å². The summed E-state index contributed by atoms with van der Waals surface area (Å²) in [5.41, 5.74) is 1.28. The van der Waals surface area contributed by atoms with Crippen molar-refractivity contribution >= 4 is 33.3 Å². The third-order valence-corrected chi connectivity index (χ3v) is 3.14. The van der Waals surface area contributed by atoms with Crippen LogP contribution >= 0.6 is 15.9 Å². The van der Waals surface area contributed by atoms with Gasteiger partial charge >= 0.3 is 0 Å². The Kier molecular flexibility index (Phi) is 3.63. The van der Waals surface area contributed by atoms with Crippen molar-refractivity contribution in [2.75, 3.05) is 5.32 Å². The summed E-state index contributed by atoms with van der Waals surface area (Å²) in [6.07, 6.45) is 3.24. The van der Waals surface area contributed by atoms with Gasteiger partial charge < -0.3 is 10.4 Å². The number of aliphatic hydroxyl groups is 1. The van der Waals surface area contributed by atoms with E-state index in [1.165, 1.54) is 4.52 Å². The second-order valence-electron chi connectivity index (χ2n) is 4.26. The SMILES string of the molecule is O=C(Nc1cccc(CO)c1)c1nc2ncc(Br)cn2n1.